The lowest BCUT2D eigenvalue weighted by atomic mass is 10.2. The first-order valence-corrected chi connectivity index (χ1v) is 6.14. The van der Waals surface area contributed by atoms with Gasteiger partial charge in [0.15, 0.2) is 0 Å². The summed E-state index contributed by atoms with van der Waals surface area (Å²) in [7, 11) is 1.95. The van der Waals surface area contributed by atoms with Crippen LogP contribution in [0.25, 0.3) is 0 Å². The Kier molecular flexibility index (Phi) is 4.34. The van der Waals surface area contributed by atoms with Crippen molar-refractivity contribution in [1.29, 1.82) is 0 Å². The molecule has 2 atom stereocenters. The molecule has 0 aromatic carbocycles. The standard InChI is InChI=1S/C13H20N2O2/c1-10-13(4-3-7-15-10)16-9-12-6-5-11(17-12)8-14-2/h3-4,7,11-12,14H,5-6,8-9H2,1-2H3. The molecule has 1 N–H and O–H groups in total. The van der Waals surface area contributed by atoms with Crippen LogP contribution in [0.3, 0.4) is 0 Å². The highest BCUT2D eigenvalue weighted by Crippen LogP contribution is 2.21. The van der Waals surface area contributed by atoms with Crippen molar-refractivity contribution >= 4 is 0 Å². The molecule has 17 heavy (non-hydrogen) atoms. The van der Waals surface area contributed by atoms with E-state index in [0.29, 0.717) is 12.7 Å². The lowest BCUT2D eigenvalue weighted by Crippen LogP contribution is -2.26. The van der Waals surface area contributed by atoms with Crippen LogP contribution in [0.4, 0.5) is 0 Å². The molecule has 0 bridgehead atoms. The van der Waals surface area contributed by atoms with Crippen LogP contribution >= 0.6 is 0 Å². The highest BCUT2D eigenvalue weighted by atomic mass is 16.5. The maximum Gasteiger partial charge on any atom is 0.140 e. The van der Waals surface area contributed by atoms with Gasteiger partial charge in [-0.3, -0.25) is 4.98 Å². The zero-order valence-corrected chi connectivity index (χ0v) is 10.5. The molecule has 0 saturated carbocycles. The van der Waals surface area contributed by atoms with Crippen LogP contribution in [0.5, 0.6) is 5.75 Å². The molecule has 1 aliphatic rings. The molecule has 1 saturated heterocycles. The zero-order chi connectivity index (χ0) is 12.1. The third-order valence-electron chi connectivity index (χ3n) is 3.01. The van der Waals surface area contributed by atoms with E-state index < -0.39 is 0 Å². The van der Waals surface area contributed by atoms with Gasteiger partial charge in [0.05, 0.1) is 17.9 Å². The summed E-state index contributed by atoms with van der Waals surface area (Å²) in [6.45, 7) is 3.49. The van der Waals surface area contributed by atoms with Crippen LogP contribution in [-0.4, -0.2) is 37.4 Å². The van der Waals surface area contributed by atoms with E-state index in [1.807, 2.05) is 26.1 Å². The second-order valence-electron chi connectivity index (χ2n) is 4.41. The van der Waals surface area contributed by atoms with E-state index in [1.54, 1.807) is 6.20 Å². The fraction of sp³-hybridized carbons (Fsp3) is 0.615. The van der Waals surface area contributed by atoms with E-state index in [-0.39, 0.29) is 6.10 Å². The smallest absolute Gasteiger partial charge is 0.140 e. The van der Waals surface area contributed by atoms with E-state index in [2.05, 4.69) is 10.3 Å². The molecule has 94 valence electrons. The SMILES string of the molecule is CNCC1CCC(COc2cccnc2C)O1. The second-order valence-corrected chi connectivity index (χ2v) is 4.41. The Morgan fingerprint density at radius 3 is 3.06 bits per heavy atom. The summed E-state index contributed by atoms with van der Waals surface area (Å²) in [5.74, 6) is 0.855. The van der Waals surface area contributed by atoms with Crippen LogP contribution in [-0.2, 0) is 4.74 Å². The number of ether oxygens (including phenoxy) is 2. The summed E-state index contributed by atoms with van der Waals surface area (Å²) < 4.78 is 11.6. The van der Waals surface area contributed by atoms with Crippen molar-refractivity contribution < 1.29 is 9.47 Å². The lowest BCUT2D eigenvalue weighted by Gasteiger charge is -2.15. The van der Waals surface area contributed by atoms with Crippen LogP contribution in [0.2, 0.25) is 0 Å². The highest BCUT2D eigenvalue weighted by molar-refractivity contribution is 5.25. The number of aromatic nitrogens is 1. The first kappa shape index (κ1) is 12.3. The summed E-state index contributed by atoms with van der Waals surface area (Å²) in [4.78, 5) is 4.19. The number of nitrogens with one attached hydrogen (secondary N) is 1. The number of nitrogens with zero attached hydrogens (tertiary/aromatic N) is 1. The monoisotopic (exact) mass is 236 g/mol. The Bertz CT molecular complexity index is 357. The van der Waals surface area contributed by atoms with E-state index in [9.17, 15) is 0 Å². The van der Waals surface area contributed by atoms with Crippen molar-refractivity contribution in [2.45, 2.75) is 32.0 Å². The van der Waals surface area contributed by atoms with Gasteiger partial charge in [0.1, 0.15) is 12.4 Å². The van der Waals surface area contributed by atoms with Crippen molar-refractivity contribution in [2.75, 3.05) is 20.2 Å². The zero-order valence-electron chi connectivity index (χ0n) is 10.5. The highest BCUT2D eigenvalue weighted by Gasteiger charge is 2.25. The van der Waals surface area contributed by atoms with Gasteiger partial charge in [0.25, 0.3) is 0 Å². The van der Waals surface area contributed by atoms with Crippen molar-refractivity contribution in [2.24, 2.45) is 0 Å². The van der Waals surface area contributed by atoms with Crippen molar-refractivity contribution in [1.82, 2.24) is 10.3 Å². The minimum absolute atomic E-state index is 0.216. The fourth-order valence-corrected chi connectivity index (χ4v) is 2.09. The second kappa shape index (κ2) is 5.98. The third-order valence-corrected chi connectivity index (χ3v) is 3.01. The predicted molar refractivity (Wildman–Crippen MR) is 66.3 cm³/mol. The van der Waals surface area contributed by atoms with Gasteiger partial charge in [-0.25, -0.2) is 0 Å². The Morgan fingerprint density at radius 1 is 1.47 bits per heavy atom. The third kappa shape index (κ3) is 3.41. The lowest BCUT2D eigenvalue weighted by molar-refractivity contribution is 0.0191. The molecule has 1 aromatic rings. The van der Waals surface area contributed by atoms with E-state index in [0.717, 1.165) is 30.8 Å². The van der Waals surface area contributed by atoms with Crippen molar-refractivity contribution in [3.05, 3.63) is 24.0 Å². The normalized spacial score (nSPS) is 23.9. The molecule has 0 aliphatic carbocycles. The summed E-state index contributed by atoms with van der Waals surface area (Å²) in [6.07, 6.45) is 4.51. The molecule has 0 spiro atoms. The van der Waals surface area contributed by atoms with Gasteiger partial charge in [-0.1, -0.05) is 0 Å². The molecule has 0 amide bonds. The molecule has 2 unspecified atom stereocenters. The van der Waals surface area contributed by atoms with Gasteiger partial charge < -0.3 is 14.8 Å². The van der Waals surface area contributed by atoms with E-state index >= 15 is 0 Å². The molecule has 0 radical (unpaired) electrons. The maximum atomic E-state index is 5.86. The van der Waals surface area contributed by atoms with Crippen LogP contribution in [0, 0.1) is 6.92 Å². The Morgan fingerprint density at radius 2 is 2.29 bits per heavy atom. The molecule has 1 fully saturated rings. The minimum atomic E-state index is 0.216. The number of hydrogen-bond acceptors (Lipinski definition) is 4. The van der Waals surface area contributed by atoms with Gasteiger partial charge >= 0.3 is 0 Å². The first-order chi connectivity index (χ1) is 8.29. The maximum absolute atomic E-state index is 5.86. The fourth-order valence-electron chi connectivity index (χ4n) is 2.09. The van der Waals surface area contributed by atoms with Crippen molar-refractivity contribution in [3.8, 4) is 5.75 Å². The summed E-state index contributed by atoms with van der Waals surface area (Å²) >= 11 is 0. The molecule has 4 nitrogen and oxygen atoms in total. The number of pyridine rings is 1. The minimum Gasteiger partial charge on any atom is -0.489 e. The molecule has 4 heteroatoms. The summed E-state index contributed by atoms with van der Waals surface area (Å²) in [5, 5.41) is 3.14. The van der Waals surface area contributed by atoms with E-state index in [4.69, 9.17) is 9.47 Å². The van der Waals surface area contributed by atoms with Gasteiger partial charge in [-0.05, 0) is 38.9 Å². The molecule has 2 rings (SSSR count). The quantitative estimate of drug-likeness (QED) is 0.842. The topological polar surface area (TPSA) is 43.4 Å². The molecular formula is C13H20N2O2. The largest absolute Gasteiger partial charge is 0.489 e. The van der Waals surface area contributed by atoms with Crippen LogP contribution in [0.15, 0.2) is 18.3 Å². The summed E-state index contributed by atoms with van der Waals surface area (Å²) in [5.41, 5.74) is 0.928. The molecule has 1 aliphatic heterocycles. The molecular weight excluding hydrogens is 216 g/mol. The number of rotatable bonds is 5. The van der Waals surface area contributed by atoms with Gasteiger partial charge in [0.2, 0.25) is 0 Å². The summed E-state index contributed by atoms with van der Waals surface area (Å²) in [6, 6.07) is 3.84. The number of aryl methyl sites for hydroxylation is 1. The molecule has 1 aromatic heterocycles. The number of likely N-dealkylation sites (N-methyl/N-ethyl adjacent to an activating group) is 1. The number of hydrogen-bond donors (Lipinski definition) is 1. The Labute approximate surface area is 102 Å². The predicted octanol–water partition coefficient (Wildman–Crippen LogP) is 1.54. The Balaban J connectivity index is 1.78. The Hall–Kier alpha value is -1.13. The van der Waals surface area contributed by atoms with Crippen molar-refractivity contribution in [3.63, 3.8) is 0 Å². The van der Waals surface area contributed by atoms with Crippen LogP contribution < -0.4 is 10.1 Å². The van der Waals surface area contributed by atoms with Gasteiger partial charge in [-0.15, -0.1) is 0 Å². The van der Waals surface area contributed by atoms with Gasteiger partial charge in [0, 0.05) is 12.7 Å². The average Bonchev–Trinajstić information content (AvgIpc) is 2.76. The average molecular weight is 236 g/mol. The molecule has 2 heterocycles. The van der Waals surface area contributed by atoms with E-state index in [1.165, 1.54) is 0 Å². The first-order valence-electron chi connectivity index (χ1n) is 6.14. The van der Waals surface area contributed by atoms with Crippen LogP contribution in [0.1, 0.15) is 18.5 Å². The van der Waals surface area contributed by atoms with Gasteiger partial charge in [-0.2, -0.15) is 0 Å².